The lowest BCUT2D eigenvalue weighted by Crippen LogP contribution is -2.04. The van der Waals surface area contributed by atoms with Crippen molar-refractivity contribution in [3.63, 3.8) is 0 Å². The molecule has 0 unspecified atom stereocenters. The molecule has 0 radical (unpaired) electrons. The van der Waals surface area contributed by atoms with E-state index in [-0.39, 0.29) is 5.28 Å². The van der Waals surface area contributed by atoms with Gasteiger partial charge in [-0.2, -0.15) is 0 Å². The van der Waals surface area contributed by atoms with Crippen LogP contribution < -0.4 is 0 Å². The standard InChI is InChI=1S/C15H11Cl2N3O2/c1-20-7-11(16)9-5-8(12-3-4-18-15(17)19-12)6-10(13(9)20)14(21)22-2/h3-7H,1-2H3. The number of nitrogens with zero attached hydrogens (tertiary/aromatic N) is 3. The maximum Gasteiger partial charge on any atom is 0.340 e. The summed E-state index contributed by atoms with van der Waals surface area (Å²) >= 11 is 12.1. The van der Waals surface area contributed by atoms with Crippen molar-refractivity contribution in [3.8, 4) is 11.3 Å². The van der Waals surface area contributed by atoms with Crippen LogP contribution in [0.4, 0.5) is 0 Å². The van der Waals surface area contributed by atoms with E-state index in [1.165, 1.54) is 7.11 Å². The molecule has 0 saturated carbocycles. The Kier molecular flexibility index (Phi) is 3.76. The molecular formula is C15H11Cl2N3O2. The van der Waals surface area contributed by atoms with E-state index in [2.05, 4.69) is 9.97 Å². The smallest absolute Gasteiger partial charge is 0.340 e. The van der Waals surface area contributed by atoms with Crippen LogP contribution in [0.1, 0.15) is 10.4 Å². The summed E-state index contributed by atoms with van der Waals surface area (Å²) in [4.78, 5) is 20.1. The van der Waals surface area contributed by atoms with Crippen molar-refractivity contribution in [2.75, 3.05) is 7.11 Å². The number of aryl methyl sites for hydroxylation is 1. The van der Waals surface area contributed by atoms with Crippen LogP contribution in [-0.2, 0) is 11.8 Å². The van der Waals surface area contributed by atoms with Crippen LogP contribution in [0, 0.1) is 0 Å². The molecule has 0 aliphatic rings. The molecular weight excluding hydrogens is 325 g/mol. The van der Waals surface area contributed by atoms with E-state index in [0.29, 0.717) is 27.4 Å². The van der Waals surface area contributed by atoms with Gasteiger partial charge in [0.05, 0.1) is 28.9 Å². The highest BCUT2D eigenvalue weighted by molar-refractivity contribution is 6.36. The average Bonchev–Trinajstić information content (AvgIpc) is 2.80. The highest BCUT2D eigenvalue weighted by Crippen LogP contribution is 2.33. The first kappa shape index (κ1) is 14.8. The summed E-state index contributed by atoms with van der Waals surface area (Å²) in [6.45, 7) is 0. The maximum atomic E-state index is 12.1. The number of fused-ring (bicyclic) bond motifs is 1. The number of rotatable bonds is 2. The Labute approximate surface area is 136 Å². The minimum absolute atomic E-state index is 0.136. The Bertz CT molecular complexity index is 890. The van der Waals surface area contributed by atoms with E-state index in [4.69, 9.17) is 27.9 Å². The number of halogens is 2. The van der Waals surface area contributed by atoms with Crippen LogP contribution in [0.15, 0.2) is 30.6 Å². The van der Waals surface area contributed by atoms with Gasteiger partial charge in [-0.1, -0.05) is 11.6 Å². The van der Waals surface area contributed by atoms with Crippen LogP contribution in [0.3, 0.4) is 0 Å². The highest BCUT2D eigenvalue weighted by Gasteiger charge is 2.18. The second-order valence-electron chi connectivity index (χ2n) is 4.71. The normalized spacial score (nSPS) is 10.9. The Morgan fingerprint density at radius 1 is 1.32 bits per heavy atom. The number of hydrogen-bond donors (Lipinski definition) is 0. The molecule has 0 bridgehead atoms. The maximum absolute atomic E-state index is 12.1. The fraction of sp³-hybridized carbons (Fsp3) is 0.133. The van der Waals surface area contributed by atoms with Crippen molar-refractivity contribution in [1.82, 2.24) is 14.5 Å². The number of methoxy groups -OCH3 is 1. The summed E-state index contributed by atoms with van der Waals surface area (Å²) in [6.07, 6.45) is 3.30. The molecule has 2 heterocycles. The molecule has 3 aromatic rings. The van der Waals surface area contributed by atoms with E-state index < -0.39 is 5.97 Å². The van der Waals surface area contributed by atoms with Gasteiger partial charge in [0.25, 0.3) is 0 Å². The van der Waals surface area contributed by atoms with Gasteiger partial charge < -0.3 is 9.30 Å². The molecule has 5 nitrogen and oxygen atoms in total. The number of hydrogen-bond acceptors (Lipinski definition) is 4. The molecule has 22 heavy (non-hydrogen) atoms. The lowest BCUT2D eigenvalue weighted by Gasteiger charge is -2.08. The number of carbonyl (C=O) groups excluding carboxylic acids is 1. The molecule has 112 valence electrons. The number of esters is 1. The van der Waals surface area contributed by atoms with Crippen molar-refractivity contribution in [2.45, 2.75) is 0 Å². The second-order valence-corrected chi connectivity index (χ2v) is 5.46. The van der Waals surface area contributed by atoms with E-state index in [1.807, 2.05) is 13.1 Å². The summed E-state index contributed by atoms with van der Waals surface area (Å²) in [7, 11) is 3.16. The number of benzene rings is 1. The predicted octanol–water partition coefficient (Wildman–Crippen LogP) is 3.73. The zero-order valence-electron chi connectivity index (χ0n) is 11.8. The Morgan fingerprint density at radius 3 is 2.77 bits per heavy atom. The molecule has 2 aromatic heterocycles. The first-order chi connectivity index (χ1) is 10.5. The third-order valence-electron chi connectivity index (χ3n) is 3.35. The van der Waals surface area contributed by atoms with Gasteiger partial charge >= 0.3 is 5.97 Å². The van der Waals surface area contributed by atoms with Crippen LogP contribution in [0.5, 0.6) is 0 Å². The van der Waals surface area contributed by atoms with Crippen LogP contribution in [0.25, 0.3) is 22.2 Å². The molecule has 1 aromatic carbocycles. The fourth-order valence-corrected chi connectivity index (χ4v) is 2.85. The first-order valence-electron chi connectivity index (χ1n) is 6.37. The Hall–Kier alpha value is -2.11. The Morgan fingerprint density at radius 2 is 2.09 bits per heavy atom. The average molecular weight is 336 g/mol. The van der Waals surface area contributed by atoms with E-state index >= 15 is 0 Å². The van der Waals surface area contributed by atoms with Crippen molar-refractivity contribution < 1.29 is 9.53 Å². The van der Waals surface area contributed by atoms with E-state index in [9.17, 15) is 4.79 Å². The fourth-order valence-electron chi connectivity index (χ4n) is 2.41. The minimum atomic E-state index is -0.440. The van der Waals surface area contributed by atoms with Gasteiger partial charge in [0.1, 0.15) is 0 Å². The van der Waals surface area contributed by atoms with Crippen molar-refractivity contribution in [3.05, 3.63) is 46.5 Å². The monoisotopic (exact) mass is 335 g/mol. The summed E-state index contributed by atoms with van der Waals surface area (Å²) in [5.74, 6) is -0.440. The van der Waals surface area contributed by atoms with Crippen molar-refractivity contribution >= 4 is 40.1 Å². The van der Waals surface area contributed by atoms with Gasteiger partial charge in [0, 0.05) is 30.4 Å². The molecule has 0 aliphatic heterocycles. The zero-order valence-corrected chi connectivity index (χ0v) is 13.3. The summed E-state index contributed by atoms with van der Waals surface area (Å²) in [6, 6.07) is 5.29. The largest absolute Gasteiger partial charge is 0.465 e. The van der Waals surface area contributed by atoms with Gasteiger partial charge in [-0.05, 0) is 29.8 Å². The van der Waals surface area contributed by atoms with Gasteiger partial charge in [-0.25, -0.2) is 14.8 Å². The molecule has 0 aliphatic carbocycles. The molecule has 3 rings (SSSR count). The van der Waals surface area contributed by atoms with Gasteiger partial charge in [0.2, 0.25) is 5.28 Å². The zero-order chi connectivity index (χ0) is 15.9. The Balaban J connectivity index is 2.34. The first-order valence-corrected chi connectivity index (χ1v) is 7.12. The molecule has 0 fully saturated rings. The number of aromatic nitrogens is 3. The summed E-state index contributed by atoms with van der Waals surface area (Å²) < 4.78 is 6.66. The van der Waals surface area contributed by atoms with Crippen molar-refractivity contribution in [2.24, 2.45) is 7.05 Å². The number of ether oxygens (including phenoxy) is 1. The predicted molar refractivity (Wildman–Crippen MR) is 85.3 cm³/mol. The van der Waals surface area contributed by atoms with Gasteiger partial charge in [0.15, 0.2) is 0 Å². The van der Waals surface area contributed by atoms with Crippen LogP contribution >= 0.6 is 23.2 Å². The van der Waals surface area contributed by atoms with Crippen molar-refractivity contribution in [1.29, 1.82) is 0 Å². The van der Waals surface area contributed by atoms with E-state index in [0.717, 1.165) is 5.39 Å². The lowest BCUT2D eigenvalue weighted by molar-refractivity contribution is 0.0602. The summed E-state index contributed by atoms with van der Waals surface area (Å²) in [5, 5.41) is 1.43. The number of carbonyl (C=O) groups is 1. The topological polar surface area (TPSA) is 57.0 Å². The quantitative estimate of drug-likeness (QED) is 0.529. The molecule has 0 saturated heterocycles. The van der Waals surface area contributed by atoms with Crippen LogP contribution in [0.2, 0.25) is 10.3 Å². The molecule has 0 atom stereocenters. The van der Waals surface area contributed by atoms with Crippen LogP contribution in [-0.4, -0.2) is 27.6 Å². The highest BCUT2D eigenvalue weighted by atomic mass is 35.5. The molecule has 7 heteroatoms. The summed E-state index contributed by atoms with van der Waals surface area (Å²) in [5.41, 5.74) is 2.44. The minimum Gasteiger partial charge on any atom is -0.465 e. The SMILES string of the molecule is COC(=O)c1cc(-c2ccnc(Cl)n2)cc2c(Cl)cn(C)c12. The van der Waals surface area contributed by atoms with Gasteiger partial charge in [-0.15, -0.1) is 0 Å². The third kappa shape index (κ3) is 2.42. The molecule has 0 spiro atoms. The third-order valence-corrected chi connectivity index (χ3v) is 3.84. The second kappa shape index (κ2) is 5.59. The lowest BCUT2D eigenvalue weighted by atomic mass is 10.0. The van der Waals surface area contributed by atoms with Gasteiger partial charge in [-0.3, -0.25) is 0 Å². The molecule has 0 N–H and O–H groups in total. The molecule has 0 amide bonds. The van der Waals surface area contributed by atoms with E-state index in [1.54, 1.807) is 29.1 Å².